The average molecular weight is 1280 g/mol. The molecule has 0 N–H and O–H groups in total. The van der Waals surface area contributed by atoms with Gasteiger partial charge in [0.25, 0.3) is 0 Å². The Bertz CT molecular complexity index is 4510. The predicted octanol–water partition coefficient (Wildman–Crippen LogP) is 21.6. The number of ether oxygens (including phenoxy) is 1. The molecule has 0 spiro atoms. The Morgan fingerprint density at radius 1 is 0.505 bits per heavy atom. The first-order chi connectivity index (χ1) is 47.6. The maximum absolute atomic E-state index is 15.1. The van der Waals surface area contributed by atoms with E-state index in [9.17, 15) is 13.2 Å². The monoisotopic (exact) mass is 1280 g/mol. The molecule has 14 unspecified atom stereocenters. The molecule has 1 aliphatic heterocycles. The van der Waals surface area contributed by atoms with Gasteiger partial charge < -0.3 is 14.5 Å². The summed E-state index contributed by atoms with van der Waals surface area (Å²) in [6, 6.07) is 39.6. The first-order valence-electron chi connectivity index (χ1n) is 35.6. The van der Waals surface area contributed by atoms with E-state index in [0.717, 1.165) is 105 Å². The van der Waals surface area contributed by atoms with Crippen LogP contribution in [0.25, 0.3) is 11.1 Å². The molecule has 1 heterocycles. The van der Waals surface area contributed by atoms with Gasteiger partial charge in [0.2, 0.25) is 0 Å². The third-order valence-electron chi connectivity index (χ3n) is 24.2. The van der Waals surface area contributed by atoms with E-state index in [-0.39, 0.29) is 77.1 Å². The Kier molecular flexibility index (Phi) is 15.9. The summed E-state index contributed by atoms with van der Waals surface area (Å²) >= 11 is 0. The van der Waals surface area contributed by atoms with Crippen LogP contribution >= 0.6 is 0 Å². The molecule has 0 aromatic heterocycles. The Hall–Kier alpha value is -9.04. The van der Waals surface area contributed by atoms with Gasteiger partial charge in [-0.3, -0.25) is 0 Å². The van der Waals surface area contributed by atoms with Crippen LogP contribution in [0.15, 0.2) is 313 Å². The second-order valence-electron chi connectivity index (χ2n) is 29.0. The Morgan fingerprint density at radius 2 is 1.12 bits per heavy atom. The fourth-order valence-electron chi connectivity index (χ4n) is 19.8. The number of anilines is 1. The zero-order valence-electron chi connectivity index (χ0n) is 54.9. The first kappa shape index (κ1) is 61.5. The van der Waals surface area contributed by atoms with Crippen LogP contribution in [0.3, 0.4) is 0 Å². The SMILES string of the molecule is C=CC1=CCC(C2(c3ccc(F)cc3)C3=C(C=CC(C4C=CCC(N(C5=CC6OC7C=C(N(C8=CCC(F)C=C8)C8=CC(C9C=CC%10=C(C9)C(c9ccc(F)cc9)(C9CC=C(C=C)CC9)c9ccccc9%10)CCC8)C=CC7C6C=C5)c5ccc(F)cc5)C4)C3)c3ccccc32)C=C1. The summed E-state index contributed by atoms with van der Waals surface area (Å²) in [4.78, 5) is 4.85. The van der Waals surface area contributed by atoms with E-state index in [1.807, 2.05) is 42.5 Å². The molecule has 486 valence electrons. The highest BCUT2D eigenvalue weighted by Crippen LogP contribution is 2.63. The van der Waals surface area contributed by atoms with E-state index >= 15 is 4.39 Å². The van der Waals surface area contributed by atoms with E-state index in [2.05, 4.69) is 193 Å². The summed E-state index contributed by atoms with van der Waals surface area (Å²) in [7, 11) is 0. The van der Waals surface area contributed by atoms with Gasteiger partial charge in [-0.05, 0) is 252 Å². The van der Waals surface area contributed by atoms with Crippen molar-refractivity contribution in [2.75, 3.05) is 4.90 Å². The van der Waals surface area contributed by atoms with Crippen molar-refractivity contribution in [1.29, 1.82) is 0 Å². The largest absolute Gasteiger partial charge is 0.365 e. The van der Waals surface area contributed by atoms with Crippen molar-refractivity contribution in [3.63, 3.8) is 0 Å². The summed E-state index contributed by atoms with van der Waals surface area (Å²) in [5.74, 6) is 0.765. The molecular weight excluding hydrogens is 1200 g/mol. The Morgan fingerprint density at radius 3 is 1.75 bits per heavy atom. The van der Waals surface area contributed by atoms with Gasteiger partial charge in [-0.25, -0.2) is 17.6 Å². The highest BCUT2D eigenvalue weighted by atomic mass is 19.1. The molecule has 97 heavy (non-hydrogen) atoms. The van der Waals surface area contributed by atoms with Crippen LogP contribution in [-0.4, -0.2) is 29.3 Å². The minimum Gasteiger partial charge on any atom is -0.365 e. The van der Waals surface area contributed by atoms with Crippen molar-refractivity contribution >= 4 is 16.8 Å². The molecule has 14 atom stereocenters. The Balaban J connectivity index is 0.652. The number of nitrogens with zero attached hydrogens (tertiary/aromatic N) is 2. The molecule has 5 aromatic carbocycles. The van der Waals surface area contributed by atoms with Gasteiger partial charge >= 0.3 is 0 Å². The van der Waals surface area contributed by atoms with Gasteiger partial charge in [-0.15, -0.1) is 0 Å². The number of hydrogen-bond acceptors (Lipinski definition) is 3. The van der Waals surface area contributed by atoms with Crippen molar-refractivity contribution in [3.05, 3.63) is 364 Å². The third kappa shape index (κ3) is 10.5. The number of fused-ring (bicyclic) bond motifs is 7. The van der Waals surface area contributed by atoms with Gasteiger partial charge in [0, 0.05) is 63.6 Å². The summed E-state index contributed by atoms with van der Waals surface area (Å²) in [6.45, 7) is 8.22. The number of hydrogen-bond donors (Lipinski definition) is 0. The highest BCUT2D eigenvalue weighted by Gasteiger charge is 2.54. The Labute approximate surface area is 569 Å². The molecule has 3 nitrogen and oxygen atoms in total. The van der Waals surface area contributed by atoms with Gasteiger partial charge in [-0.1, -0.05) is 189 Å². The third-order valence-corrected chi connectivity index (χ3v) is 24.2. The van der Waals surface area contributed by atoms with Crippen molar-refractivity contribution in [2.45, 2.75) is 112 Å². The van der Waals surface area contributed by atoms with E-state index in [1.54, 1.807) is 42.5 Å². The first-order valence-corrected chi connectivity index (χ1v) is 35.6. The van der Waals surface area contributed by atoms with Crippen LogP contribution in [-0.2, 0) is 15.6 Å². The smallest absolute Gasteiger partial charge is 0.123 e. The molecule has 7 heteroatoms. The van der Waals surface area contributed by atoms with Crippen LogP contribution in [0.4, 0.5) is 23.2 Å². The summed E-state index contributed by atoms with van der Waals surface area (Å²) in [5.41, 5.74) is 19.7. The molecule has 0 radical (unpaired) electrons. The van der Waals surface area contributed by atoms with Crippen LogP contribution in [0, 0.1) is 64.8 Å². The van der Waals surface area contributed by atoms with E-state index < -0.39 is 17.0 Å². The number of benzene rings is 5. The minimum atomic E-state index is -1.03. The van der Waals surface area contributed by atoms with Gasteiger partial charge in [0.15, 0.2) is 0 Å². The van der Waals surface area contributed by atoms with Gasteiger partial charge in [0.1, 0.15) is 23.6 Å². The lowest BCUT2D eigenvalue weighted by Crippen LogP contribution is -2.40. The van der Waals surface area contributed by atoms with E-state index in [4.69, 9.17) is 4.74 Å². The van der Waals surface area contributed by atoms with Crippen molar-refractivity contribution in [3.8, 4) is 0 Å². The minimum absolute atomic E-state index is 0.0648. The average Bonchev–Trinajstić information content (AvgIpc) is 1.56. The predicted molar refractivity (Wildman–Crippen MR) is 385 cm³/mol. The molecule has 0 saturated carbocycles. The van der Waals surface area contributed by atoms with Crippen LogP contribution in [0.5, 0.6) is 0 Å². The van der Waals surface area contributed by atoms with Gasteiger partial charge in [-0.2, -0.15) is 0 Å². The maximum atomic E-state index is 15.1. The van der Waals surface area contributed by atoms with E-state index in [0.29, 0.717) is 12.3 Å². The maximum Gasteiger partial charge on any atom is 0.123 e. The molecular formula is C90H82F4N2O. The van der Waals surface area contributed by atoms with Crippen molar-refractivity contribution in [1.82, 2.24) is 4.90 Å². The zero-order chi connectivity index (χ0) is 65.5. The normalized spacial score (nSPS) is 31.8. The molecule has 0 bridgehead atoms. The summed E-state index contributed by atoms with van der Waals surface area (Å²) < 4.78 is 67.3. The fourth-order valence-corrected chi connectivity index (χ4v) is 19.8. The zero-order valence-corrected chi connectivity index (χ0v) is 54.9. The number of rotatable bonds is 14. The van der Waals surface area contributed by atoms with Crippen molar-refractivity contribution < 1.29 is 22.3 Å². The number of alkyl halides is 1. The molecule has 12 aliphatic rings. The lowest BCUT2D eigenvalue weighted by atomic mass is 9.58. The molecule has 11 aliphatic carbocycles. The molecule has 0 amide bonds. The molecule has 5 aromatic rings. The summed E-state index contributed by atoms with van der Waals surface area (Å²) in [6.07, 6.45) is 59.0. The van der Waals surface area contributed by atoms with Crippen LogP contribution in [0.1, 0.15) is 110 Å². The quantitative estimate of drug-likeness (QED) is 0.0814. The van der Waals surface area contributed by atoms with Gasteiger partial charge in [0.05, 0.1) is 12.2 Å². The van der Waals surface area contributed by atoms with Crippen molar-refractivity contribution in [2.24, 2.45) is 47.3 Å². The van der Waals surface area contributed by atoms with E-state index in [1.165, 1.54) is 61.4 Å². The number of allylic oxidation sites excluding steroid dienone is 24. The highest BCUT2D eigenvalue weighted by molar-refractivity contribution is 5.90. The molecule has 1 fully saturated rings. The standard InChI is InChI=1S/C90H82F4N2O/c1-3-57-19-25-63(26-20-57)89(65-29-33-67(91)34-30-65)83-17-7-5-15-77(83)79-47-23-61(53-85(79)89)59-11-9-13-73(51-59)95(71-41-37-69(93)38-42-71)75-45-49-81-82-50-46-76(56-88(82)97-87(81)55-75)96(72-43-39-70(94)40-44-72)74-14-10-12-60(52-74)62-24-48-80-78-16-6-8-18-84(78)90(86(80)54-62,66-31-35-68(92)36-32-66)64-27-21-58(4-2)22-28-64/h3-9,11,15-21,23-25,29-39,41-50,52,55-56,59-64,70,73,81-82,87-88H,1-2,10,12-14,22,26-28,40,51,53-54H2. The van der Waals surface area contributed by atoms with Crippen LogP contribution < -0.4 is 4.90 Å². The number of halogens is 4. The summed E-state index contributed by atoms with van der Waals surface area (Å²) in [5, 5.41) is 0. The topological polar surface area (TPSA) is 15.7 Å². The molecule has 17 rings (SSSR count). The lowest BCUT2D eigenvalue weighted by Gasteiger charge is -2.45. The van der Waals surface area contributed by atoms with Crippen LogP contribution in [0.2, 0.25) is 0 Å². The molecule has 1 saturated heterocycles. The second-order valence-corrected chi connectivity index (χ2v) is 29.0. The second kappa shape index (κ2) is 25.1. The lowest BCUT2D eigenvalue weighted by molar-refractivity contribution is 0.0865. The fraction of sp³-hybridized carbons (Fsp3) is 0.289.